The second kappa shape index (κ2) is 7.32. The monoisotopic (exact) mass is 343 g/mol. The first-order valence-corrected chi connectivity index (χ1v) is 7.88. The number of benzene rings is 1. The summed E-state index contributed by atoms with van der Waals surface area (Å²) in [5.41, 5.74) is 2.40. The zero-order chi connectivity index (χ0) is 13.7. The Morgan fingerprint density at radius 2 is 2.32 bits per heavy atom. The second-order valence-electron chi connectivity index (χ2n) is 4.72. The molecule has 104 valence electrons. The molecule has 0 bridgehead atoms. The lowest BCUT2D eigenvalue weighted by Gasteiger charge is -2.25. The maximum Gasteiger partial charge on any atom is 0.0876 e. The van der Waals surface area contributed by atoms with Crippen molar-refractivity contribution >= 4 is 27.5 Å². The largest absolute Gasteiger partial charge is 0.501 e. The van der Waals surface area contributed by atoms with Gasteiger partial charge in [-0.1, -0.05) is 40.5 Å². The van der Waals surface area contributed by atoms with E-state index in [1.54, 1.807) is 0 Å². The molecule has 0 amide bonds. The van der Waals surface area contributed by atoms with Crippen molar-refractivity contribution in [2.24, 2.45) is 0 Å². The summed E-state index contributed by atoms with van der Waals surface area (Å²) in [6, 6.07) is 6.21. The van der Waals surface area contributed by atoms with Gasteiger partial charge in [0, 0.05) is 9.50 Å². The van der Waals surface area contributed by atoms with Crippen LogP contribution in [-0.4, -0.2) is 13.2 Å². The number of halogens is 2. The molecule has 1 N–H and O–H groups in total. The van der Waals surface area contributed by atoms with E-state index in [2.05, 4.69) is 34.2 Å². The maximum absolute atomic E-state index is 6.38. The highest BCUT2D eigenvalue weighted by molar-refractivity contribution is 9.10. The smallest absolute Gasteiger partial charge is 0.0876 e. The SMILES string of the molecule is CCCNC(C1=COCCC1)c1ccc(Br)cc1Cl. The zero-order valence-electron chi connectivity index (χ0n) is 11.1. The van der Waals surface area contributed by atoms with Crippen molar-refractivity contribution in [3.05, 3.63) is 45.1 Å². The van der Waals surface area contributed by atoms with Crippen molar-refractivity contribution in [1.29, 1.82) is 0 Å². The van der Waals surface area contributed by atoms with Gasteiger partial charge in [-0.25, -0.2) is 0 Å². The molecule has 1 aromatic carbocycles. The predicted octanol–water partition coefficient (Wildman–Crippen LogP) is 4.84. The molecule has 1 aromatic rings. The third-order valence-corrected chi connectivity index (χ3v) is 4.03. The minimum absolute atomic E-state index is 0.154. The van der Waals surface area contributed by atoms with Gasteiger partial charge >= 0.3 is 0 Å². The van der Waals surface area contributed by atoms with Gasteiger partial charge in [0.1, 0.15) is 0 Å². The summed E-state index contributed by atoms with van der Waals surface area (Å²) in [7, 11) is 0. The van der Waals surface area contributed by atoms with E-state index in [1.807, 2.05) is 18.4 Å². The molecule has 0 saturated carbocycles. The van der Waals surface area contributed by atoms with Gasteiger partial charge in [-0.15, -0.1) is 0 Å². The highest BCUT2D eigenvalue weighted by Crippen LogP contribution is 2.33. The topological polar surface area (TPSA) is 21.3 Å². The third kappa shape index (κ3) is 3.98. The lowest BCUT2D eigenvalue weighted by Crippen LogP contribution is -2.25. The Balaban J connectivity index is 2.27. The van der Waals surface area contributed by atoms with Gasteiger partial charge in [-0.3, -0.25) is 0 Å². The molecule has 1 atom stereocenters. The van der Waals surface area contributed by atoms with Crippen molar-refractivity contribution in [3.8, 4) is 0 Å². The molecule has 0 fully saturated rings. The average Bonchev–Trinajstić information content (AvgIpc) is 2.42. The van der Waals surface area contributed by atoms with E-state index >= 15 is 0 Å². The lowest BCUT2D eigenvalue weighted by atomic mass is 9.95. The molecule has 4 heteroatoms. The van der Waals surface area contributed by atoms with Gasteiger partial charge in [0.25, 0.3) is 0 Å². The summed E-state index contributed by atoms with van der Waals surface area (Å²) in [6.07, 6.45) is 5.13. The van der Waals surface area contributed by atoms with Gasteiger partial charge in [0.05, 0.1) is 18.9 Å². The van der Waals surface area contributed by atoms with Gasteiger partial charge in [0.15, 0.2) is 0 Å². The molecule has 0 radical (unpaired) electrons. The van der Waals surface area contributed by atoms with Crippen LogP contribution in [0.15, 0.2) is 34.5 Å². The van der Waals surface area contributed by atoms with E-state index in [9.17, 15) is 0 Å². The van der Waals surface area contributed by atoms with Crippen molar-refractivity contribution in [1.82, 2.24) is 5.32 Å². The van der Waals surface area contributed by atoms with Gasteiger partial charge in [0.2, 0.25) is 0 Å². The molecule has 0 saturated heterocycles. The second-order valence-corrected chi connectivity index (χ2v) is 6.04. The van der Waals surface area contributed by atoms with Crippen molar-refractivity contribution in [3.63, 3.8) is 0 Å². The predicted molar refractivity (Wildman–Crippen MR) is 83.5 cm³/mol. The Labute approximate surface area is 128 Å². The summed E-state index contributed by atoms with van der Waals surface area (Å²) in [4.78, 5) is 0. The first-order valence-electron chi connectivity index (χ1n) is 6.71. The van der Waals surface area contributed by atoms with E-state index in [0.29, 0.717) is 0 Å². The van der Waals surface area contributed by atoms with Crippen LogP contribution in [0.2, 0.25) is 5.02 Å². The summed E-state index contributed by atoms with van der Waals surface area (Å²) < 4.78 is 6.48. The first kappa shape index (κ1) is 14.9. The Kier molecular flexibility index (Phi) is 5.74. The fourth-order valence-corrected chi connectivity index (χ4v) is 3.04. The van der Waals surface area contributed by atoms with Crippen molar-refractivity contribution < 1.29 is 4.74 Å². The summed E-state index contributed by atoms with van der Waals surface area (Å²) >= 11 is 9.83. The average molecular weight is 345 g/mol. The Bertz CT molecular complexity index is 461. The number of rotatable bonds is 5. The molecule has 0 spiro atoms. The Morgan fingerprint density at radius 3 is 2.95 bits per heavy atom. The maximum atomic E-state index is 6.38. The van der Waals surface area contributed by atoms with E-state index in [1.165, 1.54) is 5.57 Å². The molecule has 19 heavy (non-hydrogen) atoms. The van der Waals surface area contributed by atoms with Crippen LogP contribution in [0.4, 0.5) is 0 Å². The summed E-state index contributed by atoms with van der Waals surface area (Å²) in [5.74, 6) is 0. The molecule has 0 aliphatic carbocycles. The van der Waals surface area contributed by atoms with Crippen LogP contribution in [0.5, 0.6) is 0 Å². The highest BCUT2D eigenvalue weighted by atomic mass is 79.9. The van der Waals surface area contributed by atoms with Crippen molar-refractivity contribution in [2.75, 3.05) is 13.2 Å². The Morgan fingerprint density at radius 1 is 1.47 bits per heavy atom. The number of hydrogen-bond acceptors (Lipinski definition) is 2. The molecular weight excluding hydrogens is 326 g/mol. The third-order valence-electron chi connectivity index (χ3n) is 3.21. The standard InChI is InChI=1S/C15H19BrClNO/c1-2-7-18-15(11-4-3-8-19-10-11)13-6-5-12(16)9-14(13)17/h5-6,9-10,15,18H,2-4,7-8H2,1H3. The zero-order valence-corrected chi connectivity index (χ0v) is 13.4. The van der Waals surface area contributed by atoms with Crippen LogP contribution in [0.1, 0.15) is 37.8 Å². The minimum Gasteiger partial charge on any atom is -0.501 e. The number of nitrogens with one attached hydrogen (secondary N) is 1. The van der Waals surface area contributed by atoms with Gasteiger partial charge in [-0.2, -0.15) is 0 Å². The van der Waals surface area contributed by atoms with Crippen LogP contribution >= 0.6 is 27.5 Å². The molecule has 2 rings (SSSR count). The molecule has 0 aromatic heterocycles. The van der Waals surface area contributed by atoms with E-state index in [4.69, 9.17) is 16.3 Å². The van der Waals surface area contributed by atoms with Crippen LogP contribution in [-0.2, 0) is 4.74 Å². The van der Waals surface area contributed by atoms with Gasteiger partial charge in [-0.05, 0) is 49.1 Å². The Hall–Kier alpha value is -0.510. The minimum atomic E-state index is 0.154. The van der Waals surface area contributed by atoms with Gasteiger partial charge < -0.3 is 10.1 Å². The summed E-state index contributed by atoms with van der Waals surface area (Å²) in [6.45, 7) is 3.95. The van der Waals surface area contributed by atoms with E-state index < -0.39 is 0 Å². The fourth-order valence-electron chi connectivity index (χ4n) is 2.26. The molecule has 1 unspecified atom stereocenters. The quantitative estimate of drug-likeness (QED) is 0.825. The fraction of sp³-hybridized carbons (Fsp3) is 0.467. The molecule has 2 nitrogen and oxygen atoms in total. The molecule has 1 heterocycles. The van der Waals surface area contributed by atoms with E-state index in [0.717, 1.165) is 47.5 Å². The lowest BCUT2D eigenvalue weighted by molar-refractivity contribution is 0.219. The van der Waals surface area contributed by atoms with E-state index in [-0.39, 0.29) is 6.04 Å². The normalized spacial score (nSPS) is 16.7. The molecular formula is C15H19BrClNO. The van der Waals surface area contributed by atoms with Crippen LogP contribution in [0.3, 0.4) is 0 Å². The highest BCUT2D eigenvalue weighted by Gasteiger charge is 2.20. The first-order chi connectivity index (χ1) is 9.22. The molecule has 1 aliphatic heterocycles. The number of ether oxygens (including phenoxy) is 1. The molecule has 1 aliphatic rings. The van der Waals surface area contributed by atoms with Crippen LogP contribution in [0.25, 0.3) is 0 Å². The van der Waals surface area contributed by atoms with Crippen LogP contribution < -0.4 is 5.32 Å². The van der Waals surface area contributed by atoms with Crippen molar-refractivity contribution in [2.45, 2.75) is 32.2 Å². The van der Waals surface area contributed by atoms with Crippen LogP contribution in [0, 0.1) is 0 Å². The number of hydrogen-bond donors (Lipinski definition) is 1. The summed E-state index contributed by atoms with van der Waals surface area (Å²) in [5, 5.41) is 4.35.